The van der Waals surface area contributed by atoms with Gasteiger partial charge in [-0.25, -0.2) is 4.98 Å². The van der Waals surface area contributed by atoms with E-state index < -0.39 is 0 Å². The van der Waals surface area contributed by atoms with Gasteiger partial charge in [0.15, 0.2) is 0 Å². The van der Waals surface area contributed by atoms with Gasteiger partial charge >= 0.3 is 0 Å². The van der Waals surface area contributed by atoms with E-state index in [1.807, 2.05) is 0 Å². The number of aromatic nitrogens is 1. The number of hydrogen-bond donors (Lipinski definition) is 2. The van der Waals surface area contributed by atoms with Crippen LogP contribution >= 0.6 is 11.6 Å². The van der Waals surface area contributed by atoms with Gasteiger partial charge in [-0.3, -0.25) is 4.79 Å². The average Bonchev–Trinajstić information content (AvgIpc) is 2.22. The van der Waals surface area contributed by atoms with Crippen LogP contribution in [-0.4, -0.2) is 16.9 Å². The molecule has 1 fully saturated rings. The third-order valence-corrected chi connectivity index (χ3v) is 4.16. The van der Waals surface area contributed by atoms with Crippen LogP contribution in [0.25, 0.3) is 0 Å². The number of nitrogen functional groups attached to an aromatic ring is 1. The molecule has 0 atom stereocenters. The Bertz CT molecular complexity index is 518. The van der Waals surface area contributed by atoms with Gasteiger partial charge in [0, 0.05) is 11.6 Å². The lowest BCUT2D eigenvalue weighted by Crippen LogP contribution is -2.46. The molecule has 0 aromatic carbocycles. The number of nitrogens with two attached hydrogens (primary N) is 1. The molecule has 1 aliphatic carbocycles. The zero-order chi connectivity index (χ0) is 15.8. The van der Waals surface area contributed by atoms with Gasteiger partial charge in [0.1, 0.15) is 11.0 Å². The van der Waals surface area contributed by atoms with Crippen molar-refractivity contribution in [2.75, 3.05) is 5.73 Å². The Morgan fingerprint density at radius 1 is 1.29 bits per heavy atom. The molecule has 21 heavy (non-hydrogen) atoms. The molecule has 0 unspecified atom stereocenters. The second kappa shape index (κ2) is 5.48. The Morgan fingerprint density at radius 2 is 1.86 bits per heavy atom. The summed E-state index contributed by atoms with van der Waals surface area (Å²) in [5.41, 5.74) is 6.57. The van der Waals surface area contributed by atoms with Crippen LogP contribution in [0, 0.1) is 10.8 Å². The number of rotatable bonds is 2. The van der Waals surface area contributed by atoms with Crippen molar-refractivity contribution in [3.63, 3.8) is 0 Å². The zero-order valence-electron chi connectivity index (χ0n) is 13.2. The molecule has 1 amide bonds. The van der Waals surface area contributed by atoms with Crippen molar-refractivity contribution < 1.29 is 4.79 Å². The first kappa shape index (κ1) is 16.1. The largest absolute Gasteiger partial charge is 0.384 e. The molecule has 1 aromatic rings. The van der Waals surface area contributed by atoms with Crippen LogP contribution in [0.1, 0.15) is 57.3 Å². The molecular formula is C16H24ClN3O. The maximum atomic E-state index is 12.4. The predicted octanol–water partition coefficient (Wildman–Crippen LogP) is 3.65. The number of nitrogens with zero attached hydrogens (tertiary/aromatic N) is 1. The number of anilines is 1. The minimum Gasteiger partial charge on any atom is -0.384 e. The Hall–Kier alpha value is -1.29. The summed E-state index contributed by atoms with van der Waals surface area (Å²) >= 11 is 5.86. The Labute approximate surface area is 131 Å². The van der Waals surface area contributed by atoms with E-state index in [-0.39, 0.29) is 33.7 Å². The molecular weight excluding hydrogens is 286 g/mol. The van der Waals surface area contributed by atoms with E-state index >= 15 is 0 Å². The molecule has 3 N–H and O–H groups in total. The minimum absolute atomic E-state index is 0.135. The van der Waals surface area contributed by atoms with Gasteiger partial charge in [0.25, 0.3) is 5.91 Å². The monoisotopic (exact) mass is 309 g/mol. The van der Waals surface area contributed by atoms with Crippen LogP contribution in [0.2, 0.25) is 5.15 Å². The lowest BCUT2D eigenvalue weighted by atomic mass is 9.63. The Balaban J connectivity index is 2.12. The number of halogens is 1. The third kappa shape index (κ3) is 4.34. The first-order valence-electron chi connectivity index (χ1n) is 7.30. The third-order valence-electron chi connectivity index (χ3n) is 3.97. The average molecular weight is 310 g/mol. The number of hydrogen-bond acceptors (Lipinski definition) is 3. The van der Waals surface area contributed by atoms with Gasteiger partial charge in [0.2, 0.25) is 0 Å². The molecule has 0 radical (unpaired) electrons. The summed E-state index contributed by atoms with van der Waals surface area (Å²) in [5, 5.41) is 3.36. The van der Waals surface area contributed by atoms with Crippen molar-refractivity contribution in [1.29, 1.82) is 0 Å². The summed E-state index contributed by atoms with van der Waals surface area (Å²) in [6, 6.07) is 3.27. The van der Waals surface area contributed by atoms with Crippen molar-refractivity contribution in [2.45, 2.75) is 53.0 Å². The maximum Gasteiger partial charge on any atom is 0.251 e. The van der Waals surface area contributed by atoms with E-state index in [1.165, 1.54) is 6.42 Å². The summed E-state index contributed by atoms with van der Waals surface area (Å²) in [6.07, 6.45) is 3.13. The van der Waals surface area contributed by atoms with Gasteiger partial charge in [-0.1, -0.05) is 39.3 Å². The van der Waals surface area contributed by atoms with Crippen LogP contribution in [0.3, 0.4) is 0 Å². The van der Waals surface area contributed by atoms with Gasteiger partial charge in [0.05, 0.1) is 0 Å². The fourth-order valence-electron chi connectivity index (χ4n) is 3.87. The van der Waals surface area contributed by atoms with Crippen LogP contribution < -0.4 is 11.1 Å². The Kier molecular flexibility index (Phi) is 4.20. The highest BCUT2D eigenvalue weighted by Gasteiger charge is 2.38. The van der Waals surface area contributed by atoms with Crippen molar-refractivity contribution in [3.05, 3.63) is 22.8 Å². The molecule has 2 rings (SSSR count). The standard InChI is InChI=1S/C16H24ClN3O/c1-15(2)7-11(8-16(3,4)9-15)19-14(21)10-5-12(17)20-13(18)6-10/h5-6,11H,7-9H2,1-4H3,(H2,18,20)(H,19,21). The van der Waals surface area contributed by atoms with Crippen LogP contribution in [0.15, 0.2) is 12.1 Å². The first-order chi connectivity index (χ1) is 9.56. The van der Waals surface area contributed by atoms with Gasteiger partial charge in [-0.2, -0.15) is 0 Å². The fraction of sp³-hybridized carbons (Fsp3) is 0.625. The van der Waals surface area contributed by atoms with Crippen LogP contribution in [0.5, 0.6) is 0 Å². The van der Waals surface area contributed by atoms with Crippen molar-refractivity contribution in [1.82, 2.24) is 10.3 Å². The summed E-state index contributed by atoms with van der Waals surface area (Å²) < 4.78 is 0. The van der Waals surface area contributed by atoms with E-state index in [0.717, 1.165) is 12.8 Å². The van der Waals surface area contributed by atoms with Gasteiger partial charge < -0.3 is 11.1 Å². The molecule has 116 valence electrons. The number of pyridine rings is 1. The van der Waals surface area contributed by atoms with E-state index in [2.05, 4.69) is 38.0 Å². The molecule has 1 aliphatic rings. The van der Waals surface area contributed by atoms with Gasteiger partial charge in [-0.05, 0) is 42.2 Å². The summed E-state index contributed by atoms with van der Waals surface area (Å²) in [6.45, 7) is 9.03. The second-order valence-electron chi connectivity index (χ2n) is 7.69. The smallest absolute Gasteiger partial charge is 0.251 e. The molecule has 0 aliphatic heterocycles. The van der Waals surface area contributed by atoms with Crippen LogP contribution in [-0.2, 0) is 0 Å². The second-order valence-corrected chi connectivity index (χ2v) is 8.07. The summed E-state index contributed by atoms with van der Waals surface area (Å²) in [7, 11) is 0. The summed E-state index contributed by atoms with van der Waals surface area (Å²) in [5.74, 6) is 0.126. The molecule has 1 saturated carbocycles. The first-order valence-corrected chi connectivity index (χ1v) is 7.68. The predicted molar refractivity (Wildman–Crippen MR) is 86.3 cm³/mol. The lowest BCUT2D eigenvalue weighted by Gasteiger charge is -2.45. The SMILES string of the molecule is CC1(C)CC(NC(=O)c2cc(N)nc(Cl)c2)CC(C)(C)C1. The van der Waals surface area contributed by atoms with Gasteiger partial charge in [-0.15, -0.1) is 0 Å². The van der Waals surface area contributed by atoms with Crippen molar-refractivity contribution in [3.8, 4) is 0 Å². The fourth-order valence-corrected chi connectivity index (χ4v) is 4.08. The number of carbonyl (C=O) groups is 1. The van der Waals surface area contributed by atoms with E-state index in [4.69, 9.17) is 17.3 Å². The molecule has 4 nitrogen and oxygen atoms in total. The molecule has 5 heteroatoms. The maximum absolute atomic E-state index is 12.4. The quantitative estimate of drug-likeness (QED) is 0.819. The van der Waals surface area contributed by atoms with Crippen molar-refractivity contribution >= 4 is 23.3 Å². The number of nitrogens with one attached hydrogen (secondary N) is 1. The molecule has 0 saturated heterocycles. The van der Waals surface area contributed by atoms with E-state index in [1.54, 1.807) is 12.1 Å². The number of amides is 1. The molecule has 1 heterocycles. The van der Waals surface area contributed by atoms with E-state index in [9.17, 15) is 4.79 Å². The lowest BCUT2D eigenvalue weighted by molar-refractivity contribution is 0.0713. The highest BCUT2D eigenvalue weighted by atomic mass is 35.5. The highest BCUT2D eigenvalue weighted by Crippen LogP contribution is 2.45. The Morgan fingerprint density at radius 3 is 2.38 bits per heavy atom. The van der Waals surface area contributed by atoms with E-state index in [0.29, 0.717) is 5.56 Å². The topological polar surface area (TPSA) is 68.0 Å². The van der Waals surface area contributed by atoms with Crippen molar-refractivity contribution in [2.24, 2.45) is 10.8 Å². The summed E-state index contributed by atoms with van der Waals surface area (Å²) in [4.78, 5) is 16.3. The molecule has 1 aromatic heterocycles. The zero-order valence-corrected chi connectivity index (χ0v) is 13.9. The highest BCUT2D eigenvalue weighted by molar-refractivity contribution is 6.29. The van der Waals surface area contributed by atoms with Crippen LogP contribution in [0.4, 0.5) is 5.82 Å². The normalized spacial score (nSPS) is 21.0. The number of carbonyl (C=O) groups excluding carboxylic acids is 1. The molecule has 0 spiro atoms. The molecule has 0 bridgehead atoms. The minimum atomic E-state index is -0.135.